The van der Waals surface area contributed by atoms with Crippen molar-refractivity contribution in [3.63, 3.8) is 0 Å². The average Bonchev–Trinajstić information content (AvgIpc) is 2.64. The maximum Gasteiger partial charge on any atom is 0.264 e. The number of fused-ring (bicyclic) bond motifs is 1. The first kappa shape index (κ1) is 15.0. The molecule has 5 nitrogen and oxygen atoms in total. The zero-order chi connectivity index (χ0) is 14.8. The van der Waals surface area contributed by atoms with Crippen LogP contribution in [0.1, 0.15) is 36.3 Å². The lowest BCUT2D eigenvalue weighted by molar-refractivity contribution is -0.117. The summed E-state index contributed by atoms with van der Waals surface area (Å²) in [7, 11) is -3.37. The van der Waals surface area contributed by atoms with E-state index in [1.54, 1.807) is 0 Å². The smallest absolute Gasteiger partial charge is 0.264 e. The molecule has 1 aliphatic rings. The van der Waals surface area contributed by atoms with Crippen molar-refractivity contribution in [1.29, 1.82) is 0 Å². The van der Waals surface area contributed by atoms with Crippen LogP contribution < -0.4 is 5.32 Å². The molecule has 1 aromatic rings. The minimum atomic E-state index is -3.37. The van der Waals surface area contributed by atoms with E-state index in [9.17, 15) is 13.2 Å². The highest BCUT2D eigenvalue weighted by Crippen LogP contribution is 2.36. The second-order valence-corrected chi connectivity index (χ2v) is 6.80. The Morgan fingerprint density at radius 3 is 2.75 bits per heavy atom. The Bertz CT molecular complexity index is 610. The number of hydrogen-bond donors (Lipinski definition) is 1. The fourth-order valence-electron chi connectivity index (χ4n) is 2.39. The molecule has 1 atom stereocenters. The molecule has 0 aromatic heterocycles. The Balaban J connectivity index is 1.88. The number of carbonyl (C=O) groups excluding carboxylic acids is 1. The molecular formula is C14H19NO4S. The monoisotopic (exact) mass is 297 g/mol. The zero-order valence-electron chi connectivity index (χ0n) is 11.7. The molecule has 1 heterocycles. The number of nitrogens with one attached hydrogen (secondary N) is 1. The summed E-state index contributed by atoms with van der Waals surface area (Å²) < 4.78 is 26.3. The third-order valence-corrected chi connectivity index (χ3v) is 3.94. The third kappa shape index (κ3) is 3.80. The van der Waals surface area contributed by atoms with Crippen LogP contribution in [0.4, 0.5) is 5.69 Å². The highest BCUT2D eigenvalue weighted by atomic mass is 32.2. The molecule has 6 heteroatoms. The fourth-order valence-corrected chi connectivity index (χ4v) is 2.81. The van der Waals surface area contributed by atoms with Crippen LogP contribution in [-0.2, 0) is 19.1 Å². The van der Waals surface area contributed by atoms with Crippen molar-refractivity contribution >= 4 is 21.7 Å². The molecule has 110 valence electrons. The van der Waals surface area contributed by atoms with Crippen molar-refractivity contribution in [3.05, 3.63) is 29.3 Å². The summed E-state index contributed by atoms with van der Waals surface area (Å²) in [5, 5.41) is 2.87. The normalized spacial score (nSPS) is 17.9. The molecule has 0 bridgehead atoms. The van der Waals surface area contributed by atoms with Crippen molar-refractivity contribution in [2.24, 2.45) is 0 Å². The van der Waals surface area contributed by atoms with Crippen LogP contribution >= 0.6 is 0 Å². The van der Waals surface area contributed by atoms with Crippen molar-refractivity contribution in [2.75, 3.05) is 18.2 Å². The van der Waals surface area contributed by atoms with Gasteiger partial charge < -0.3 is 5.32 Å². The summed E-state index contributed by atoms with van der Waals surface area (Å²) in [5.41, 5.74) is 3.06. The second kappa shape index (κ2) is 5.93. The molecule has 2 rings (SSSR count). The van der Waals surface area contributed by atoms with Crippen molar-refractivity contribution < 1.29 is 17.4 Å². The Hall–Kier alpha value is -1.40. The first-order valence-electron chi connectivity index (χ1n) is 6.62. The number of aryl methyl sites for hydroxylation is 1. The molecule has 0 radical (unpaired) electrons. The summed E-state index contributed by atoms with van der Waals surface area (Å²) in [6.07, 6.45) is 3.12. The average molecular weight is 297 g/mol. The molecule has 0 saturated carbocycles. The number of rotatable bonds is 6. The molecule has 0 saturated heterocycles. The van der Waals surface area contributed by atoms with Crippen LogP contribution in [0.2, 0.25) is 0 Å². The molecule has 1 N–H and O–H groups in total. The van der Waals surface area contributed by atoms with Gasteiger partial charge in [0.25, 0.3) is 10.1 Å². The van der Waals surface area contributed by atoms with Gasteiger partial charge in [-0.25, -0.2) is 0 Å². The number of unbranched alkanes of at least 4 members (excludes halogenated alkanes) is 1. The maximum atomic E-state index is 11.9. The fraction of sp³-hybridized carbons (Fsp3) is 0.500. The Kier molecular flexibility index (Phi) is 4.45. The summed E-state index contributed by atoms with van der Waals surface area (Å²) in [6, 6.07) is 5.93. The first-order valence-corrected chi connectivity index (χ1v) is 8.44. The van der Waals surface area contributed by atoms with Gasteiger partial charge in [0.2, 0.25) is 5.91 Å². The van der Waals surface area contributed by atoms with Crippen LogP contribution in [0.15, 0.2) is 18.2 Å². The van der Waals surface area contributed by atoms with Crippen LogP contribution in [0.25, 0.3) is 0 Å². The standard InChI is InChI=1S/C14H19NO4S/c1-10-6-7-13-12(9-10)11(14(16)15-13)5-3-4-8-19-20(2,17)18/h6-7,9,11H,3-5,8H2,1-2H3,(H,15,16). The van der Waals surface area contributed by atoms with Gasteiger partial charge in [0.1, 0.15) is 0 Å². The highest BCUT2D eigenvalue weighted by Gasteiger charge is 2.29. The lowest BCUT2D eigenvalue weighted by Gasteiger charge is -2.09. The van der Waals surface area contributed by atoms with Crippen LogP contribution in [0.3, 0.4) is 0 Å². The predicted octanol–water partition coefficient (Wildman–Crippen LogP) is 2.18. The van der Waals surface area contributed by atoms with E-state index in [2.05, 4.69) is 9.50 Å². The van der Waals surface area contributed by atoms with Gasteiger partial charge in [0, 0.05) is 5.69 Å². The van der Waals surface area contributed by atoms with Crippen LogP contribution in [0, 0.1) is 6.92 Å². The molecule has 20 heavy (non-hydrogen) atoms. The predicted molar refractivity (Wildman–Crippen MR) is 77.2 cm³/mol. The minimum Gasteiger partial charge on any atom is -0.325 e. The molecule has 1 unspecified atom stereocenters. The van der Waals surface area contributed by atoms with E-state index < -0.39 is 10.1 Å². The topological polar surface area (TPSA) is 72.5 Å². The highest BCUT2D eigenvalue weighted by molar-refractivity contribution is 7.85. The third-order valence-electron chi connectivity index (χ3n) is 3.34. The maximum absolute atomic E-state index is 11.9. The van der Waals surface area contributed by atoms with Crippen LogP contribution in [-0.4, -0.2) is 27.2 Å². The van der Waals surface area contributed by atoms with Gasteiger partial charge in [0.15, 0.2) is 0 Å². The molecule has 1 aliphatic heterocycles. The summed E-state index contributed by atoms with van der Waals surface area (Å²) >= 11 is 0. The Morgan fingerprint density at radius 1 is 1.30 bits per heavy atom. The Labute approximate surface area is 119 Å². The van der Waals surface area contributed by atoms with Gasteiger partial charge in [-0.2, -0.15) is 8.42 Å². The van der Waals surface area contributed by atoms with Gasteiger partial charge in [-0.15, -0.1) is 0 Å². The molecule has 0 fully saturated rings. The van der Waals surface area contributed by atoms with E-state index in [1.165, 1.54) is 0 Å². The van der Waals surface area contributed by atoms with Crippen molar-refractivity contribution in [1.82, 2.24) is 0 Å². The lowest BCUT2D eigenvalue weighted by atomic mass is 9.94. The van der Waals surface area contributed by atoms with Crippen molar-refractivity contribution in [2.45, 2.75) is 32.1 Å². The lowest BCUT2D eigenvalue weighted by Crippen LogP contribution is -2.12. The molecular weight excluding hydrogens is 278 g/mol. The number of hydrogen-bond acceptors (Lipinski definition) is 4. The SMILES string of the molecule is Cc1ccc2c(c1)C(CCCCOS(C)(=O)=O)C(=O)N2. The van der Waals surface area contributed by atoms with Gasteiger partial charge >= 0.3 is 0 Å². The largest absolute Gasteiger partial charge is 0.325 e. The number of amides is 1. The molecule has 1 aromatic carbocycles. The summed E-state index contributed by atoms with van der Waals surface area (Å²) in [4.78, 5) is 11.9. The second-order valence-electron chi connectivity index (χ2n) is 5.15. The van der Waals surface area contributed by atoms with Crippen LogP contribution in [0.5, 0.6) is 0 Å². The first-order chi connectivity index (χ1) is 9.37. The quantitative estimate of drug-likeness (QED) is 0.645. The van der Waals surface area contributed by atoms with E-state index in [1.807, 2.05) is 25.1 Å². The summed E-state index contributed by atoms with van der Waals surface area (Å²) in [6.45, 7) is 2.17. The van der Waals surface area contributed by atoms with Gasteiger partial charge in [-0.3, -0.25) is 8.98 Å². The number of carbonyl (C=O) groups is 1. The van der Waals surface area contributed by atoms with Gasteiger partial charge in [-0.05, 0) is 37.8 Å². The molecule has 1 amide bonds. The Morgan fingerprint density at radius 2 is 2.05 bits per heavy atom. The number of anilines is 1. The summed E-state index contributed by atoms with van der Waals surface area (Å²) in [5.74, 6) is -0.113. The van der Waals surface area contributed by atoms with E-state index in [-0.39, 0.29) is 18.4 Å². The molecule has 0 aliphatic carbocycles. The minimum absolute atomic E-state index is 0.0228. The number of benzene rings is 1. The van der Waals surface area contributed by atoms with E-state index >= 15 is 0 Å². The van der Waals surface area contributed by atoms with Crippen molar-refractivity contribution in [3.8, 4) is 0 Å². The van der Waals surface area contributed by atoms with E-state index in [0.29, 0.717) is 12.8 Å². The van der Waals surface area contributed by atoms with E-state index in [4.69, 9.17) is 0 Å². The van der Waals surface area contributed by atoms with E-state index in [0.717, 1.165) is 29.5 Å². The molecule has 0 spiro atoms. The zero-order valence-corrected chi connectivity index (χ0v) is 12.5. The van der Waals surface area contributed by atoms with Gasteiger partial charge in [0.05, 0.1) is 18.8 Å². The van der Waals surface area contributed by atoms with Gasteiger partial charge in [-0.1, -0.05) is 17.7 Å².